The standard InChI is InChI=1S/C31H28ClN5O2/c1-2-3-17-35(31(39)34-25-9-6-8-22(19-25)20-33)21-29(38)37-27-11-5-4-10-26(27)36-18-7-12-28(36)30(37)23-13-15-24(32)16-14-23/h4-16,18-19,30H,2-3,17,21H2,1H3,(H,34,39)/t30-/m1/s1. The zero-order valence-electron chi connectivity index (χ0n) is 21.5. The van der Waals surface area contributed by atoms with Gasteiger partial charge >= 0.3 is 6.03 Å². The third-order valence-electron chi connectivity index (χ3n) is 6.81. The Hall–Kier alpha value is -4.54. The molecule has 7 nitrogen and oxygen atoms in total. The van der Waals surface area contributed by atoms with Crippen molar-refractivity contribution in [3.63, 3.8) is 0 Å². The number of aromatic nitrogens is 1. The first-order valence-electron chi connectivity index (χ1n) is 12.9. The summed E-state index contributed by atoms with van der Waals surface area (Å²) in [6.45, 7) is 2.35. The lowest BCUT2D eigenvalue weighted by Crippen LogP contribution is -2.48. The fourth-order valence-electron chi connectivity index (χ4n) is 4.93. The molecule has 0 radical (unpaired) electrons. The van der Waals surface area contributed by atoms with Crippen LogP contribution in [0.4, 0.5) is 16.2 Å². The van der Waals surface area contributed by atoms with Crippen LogP contribution in [-0.4, -0.2) is 34.5 Å². The first-order chi connectivity index (χ1) is 19.0. The lowest BCUT2D eigenvalue weighted by Gasteiger charge is -2.39. The van der Waals surface area contributed by atoms with E-state index in [0.29, 0.717) is 22.8 Å². The van der Waals surface area contributed by atoms with E-state index in [1.54, 1.807) is 34.1 Å². The summed E-state index contributed by atoms with van der Waals surface area (Å²) in [6, 6.07) is 27.3. The van der Waals surface area contributed by atoms with Gasteiger partial charge in [-0.25, -0.2) is 4.79 Å². The van der Waals surface area contributed by atoms with Crippen LogP contribution in [0.2, 0.25) is 5.02 Å². The smallest absolute Gasteiger partial charge is 0.316 e. The number of para-hydroxylation sites is 2. The minimum atomic E-state index is -0.400. The third kappa shape index (κ3) is 5.38. The minimum Gasteiger partial charge on any atom is -0.316 e. The van der Waals surface area contributed by atoms with Gasteiger partial charge in [0.15, 0.2) is 0 Å². The summed E-state index contributed by atoms with van der Waals surface area (Å²) in [5, 5.41) is 12.7. The highest BCUT2D eigenvalue weighted by atomic mass is 35.5. The number of carbonyl (C=O) groups excluding carboxylic acids is 2. The number of unbranched alkanes of at least 4 members (excludes halogenated alkanes) is 1. The number of urea groups is 1. The van der Waals surface area contributed by atoms with Crippen molar-refractivity contribution in [3.8, 4) is 11.8 Å². The molecule has 1 aromatic heterocycles. The molecule has 1 aliphatic rings. The van der Waals surface area contributed by atoms with E-state index in [1.165, 1.54) is 0 Å². The maximum absolute atomic E-state index is 14.2. The summed E-state index contributed by atoms with van der Waals surface area (Å²) in [7, 11) is 0. The molecule has 4 aromatic rings. The number of hydrogen-bond donors (Lipinski definition) is 1. The van der Waals surface area contributed by atoms with E-state index in [1.807, 2.05) is 73.8 Å². The van der Waals surface area contributed by atoms with Gasteiger partial charge in [-0.2, -0.15) is 5.26 Å². The molecule has 0 unspecified atom stereocenters. The second kappa shape index (κ2) is 11.5. The fourth-order valence-corrected chi connectivity index (χ4v) is 5.06. The second-order valence-corrected chi connectivity index (χ2v) is 9.84. The molecule has 0 aliphatic carbocycles. The van der Waals surface area contributed by atoms with E-state index < -0.39 is 6.04 Å². The summed E-state index contributed by atoms with van der Waals surface area (Å²) >= 11 is 6.19. The van der Waals surface area contributed by atoms with Crippen molar-refractivity contribution in [2.45, 2.75) is 25.8 Å². The number of nitriles is 1. The van der Waals surface area contributed by atoms with Gasteiger partial charge < -0.3 is 14.8 Å². The molecule has 0 saturated heterocycles. The predicted octanol–water partition coefficient (Wildman–Crippen LogP) is 6.77. The van der Waals surface area contributed by atoms with E-state index in [-0.39, 0.29) is 18.5 Å². The van der Waals surface area contributed by atoms with Crippen molar-refractivity contribution in [1.29, 1.82) is 5.26 Å². The molecule has 0 saturated carbocycles. The SMILES string of the molecule is CCCCN(CC(=O)N1c2ccccc2-n2cccc2[C@H]1c1ccc(Cl)cc1)C(=O)Nc1cccc(C#N)c1. The van der Waals surface area contributed by atoms with Crippen molar-refractivity contribution in [2.75, 3.05) is 23.3 Å². The Bertz CT molecular complexity index is 1540. The number of anilines is 2. The topological polar surface area (TPSA) is 81.4 Å². The molecule has 1 atom stereocenters. The molecule has 2 heterocycles. The summed E-state index contributed by atoms with van der Waals surface area (Å²) in [4.78, 5) is 30.9. The van der Waals surface area contributed by atoms with Crippen LogP contribution in [0.3, 0.4) is 0 Å². The molecular weight excluding hydrogens is 510 g/mol. The van der Waals surface area contributed by atoms with Gasteiger partial charge in [-0.3, -0.25) is 9.69 Å². The quantitative estimate of drug-likeness (QED) is 0.282. The first kappa shape index (κ1) is 26.1. The van der Waals surface area contributed by atoms with Crippen molar-refractivity contribution in [3.05, 3.63) is 113 Å². The largest absolute Gasteiger partial charge is 0.322 e. The predicted molar refractivity (Wildman–Crippen MR) is 153 cm³/mol. The van der Waals surface area contributed by atoms with Crippen LogP contribution >= 0.6 is 11.6 Å². The summed E-state index contributed by atoms with van der Waals surface area (Å²) in [5.74, 6) is -0.202. The number of amides is 3. The average molecular weight is 538 g/mol. The Morgan fingerprint density at radius 2 is 1.77 bits per heavy atom. The second-order valence-electron chi connectivity index (χ2n) is 9.41. The van der Waals surface area contributed by atoms with Crippen molar-refractivity contribution < 1.29 is 9.59 Å². The van der Waals surface area contributed by atoms with Gasteiger partial charge in [0, 0.05) is 23.5 Å². The molecule has 8 heteroatoms. The Morgan fingerprint density at radius 1 is 1.00 bits per heavy atom. The maximum Gasteiger partial charge on any atom is 0.322 e. The number of hydrogen-bond acceptors (Lipinski definition) is 3. The van der Waals surface area contributed by atoms with Crippen LogP contribution in [0.25, 0.3) is 5.69 Å². The summed E-state index contributed by atoms with van der Waals surface area (Å²) in [6.07, 6.45) is 3.61. The Labute approximate surface area is 232 Å². The Balaban J connectivity index is 1.49. The number of nitrogens with zero attached hydrogens (tertiary/aromatic N) is 4. The fraction of sp³-hybridized carbons (Fsp3) is 0.194. The van der Waals surface area contributed by atoms with Gasteiger partial charge in [-0.1, -0.05) is 55.3 Å². The maximum atomic E-state index is 14.2. The van der Waals surface area contributed by atoms with Crippen molar-refractivity contribution in [1.82, 2.24) is 9.47 Å². The minimum absolute atomic E-state index is 0.108. The van der Waals surface area contributed by atoms with Crippen LogP contribution in [0.15, 0.2) is 91.1 Å². The molecule has 3 aromatic carbocycles. The molecule has 0 fully saturated rings. The molecule has 0 spiro atoms. The molecule has 3 amide bonds. The number of fused-ring (bicyclic) bond motifs is 3. The van der Waals surface area contributed by atoms with Gasteiger partial charge in [-0.05, 0) is 66.6 Å². The molecule has 0 bridgehead atoms. The number of nitrogens with one attached hydrogen (secondary N) is 1. The Morgan fingerprint density at radius 3 is 2.51 bits per heavy atom. The molecule has 5 rings (SSSR count). The highest BCUT2D eigenvalue weighted by Crippen LogP contribution is 2.42. The number of carbonyl (C=O) groups is 2. The van der Waals surface area contributed by atoms with Crippen LogP contribution in [-0.2, 0) is 4.79 Å². The van der Waals surface area contributed by atoms with Crippen LogP contribution in [0.1, 0.15) is 42.6 Å². The normalized spacial score (nSPS) is 13.7. The highest BCUT2D eigenvalue weighted by molar-refractivity contribution is 6.30. The van der Waals surface area contributed by atoms with Gasteiger partial charge in [0.05, 0.1) is 28.7 Å². The van der Waals surface area contributed by atoms with Gasteiger partial charge in [-0.15, -0.1) is 0 Å². The third-order valence-corrected chi connectivity index (χ3v) is 7.06. The lowest BCUT2D eigenvalue weighted by atomic mass is 9.97. The zero-order valence-corrected chi connectivity index (χ0v) is 22.3. The van der Waals surface area contributed by atoms with Gasteiger partial charge in [0.25, 0.3) is 0 Å². The van der Waals surface area contributed by atoms with Crippen LogP contribution in [0.5, 0.6) is 0 Å². The monoisotopic (exact) mass is 537 g/mol. The lowest BCUT2D eigenvalue weighted by molar-refractivity contribution is -0.119. The van der Waals surface area contributed by atoms with E-state index in [9.17, 15) is 14.9 Å². The number of rotatable bonds is 7. The highest BCUT2D eigenvalue weighted by Gasteiger charge is 2.37. The van der Waals surface area contributed by atoms with E-state index in [2.05, 4.69) is 16.0 Å². The van der Waals surface area contributed by atoms with Crippen molar-refractivity contribution >= 4 is 34.9 Å². The summed E-state index contributed by atoms with van der Waals surface area (Å²) in [5.41, 5.74) is 4.48. The molecule has 39 heavy (non-hydrogen) atoms. The van der Waals surface area contributed by atoms with Gasteiger partial charge in [0.2, 0.25) is 5.91 Å². The van der Waals surface area contributed by atoms with Crippen LogP contribution in [0, 0.1) is 11.3 Å². The van der Waals surface area contributed by atoms with Gasteiger partial charge in [0.1, 0.15) is 12.6 Å². The van der Waals surface area contributed by atoms with Crippen molar-refractivity contribution in [2.24, 2.45) is 0 Å². The van der Waals surface area contributed by atoms with E-state index in [4.69, 9.17) is 11.6 Å². The molecule has 1 N–H and O–H groups in total. The Kier molecular flexibility index (Phi) is 7.67. The number of benzene rings is 3. The van der Waals surface area contributed by atoms with Crippen LogP contribution < -0.4 is 10.2 Å². The van der Waals surface area contributed by atoms with E-state index >= 15 is 0 Å². The van der Waals surface area contributed by atoms with E-state index in [0.717, 1.165) is 35.5 Å². The number of halogens is 1. The first-order valence-corrected chi connectivity index (χ1v) is 13.3. The average Bonchev–Trinajstić information content (AvgIpc) is 3.45. The molecular formula is C31H28ClN5O2. The molecule has 196 valence electrons. The zero-order chi connectivity index (χ0) is 27.4. The summed E-state index contributed by atoms with van der Waals surface area (Å²) < 4.78 is 2.10. The molecule has 1 aliphatic heterocycles.